The van der Waals surface area contributed by atoms with E-state index in [4.69, 9.17) is 0 Å². The van der Waals surface area contributed by atoms with Gasteiger partial charge in [-0.3, -0.25) is 4.90 Å². The monoisotopic (exact) mass is 239 g/mol. The Morgan fingerprint density at radius 2 is 1.53 bits per heavy atom. The minimum atomic E-state index is 0.346. The number of hydrogen-bond acceptors (Lipinski definition) is 3. The normalized spacial score (nSPS) is 30.0. The van der Waals surface area contributed by atoms with Crippen LogP contribution in [0.3, 0.4) is 0 Å². The lowest BCUT2D eigenvalue weighted by atomic mass is 9.97. The topological polar surface area (TPSA) is 18.5 Å². The van der Waals surface area contributed by atoms with Crippen LogP contribution in [0.25, 0.3) is 0 Å². The van der Waals surface area contributed by atoms with Gasteiger partial charge in [0.1, 0.15) is 0 Å². The summed E-state index contributed by atoms with van der Waals surface area (Å²) in [4.78, 5) is 5.05. The van der Waals surface area contributed by atoms with E-state index in [1.54, 1.807) is 0 Å². The summed E-state index contributed by atoms with van der Waals surface area (Å²) in [5.41, 5.74) is 0.346. The first kappa shape index (κ1) is 13.3. The molecule has 1 unspecified atom stereocenters. The Bertz CT molecular complexity index is 238. The highest BCUT2D eigenvalue weighted by molar-refractivity contribution is 4.88. The molecule has 100 valence electrons. The van der Waals surface area contributed by atoms with Crippen LogP contribution < -0.4 is 5.32 Å². The minimum absolute atomic E-state index is 0.346. The van der Waals surface area contributed by atoms with E-state index in [1.807, 2.05) is 0 Å². The van der Waals surface area contributed by atoms with Crippen LogP contribution in [-0.2, 0) is 0 Å². The van der Waals surface area contributed by atoms with E-state index in [9.17, 15) is 0 Å². The number of hydrogen-bond donors (Lipinski definition) is 1. The smallest absolute Gasteiger partial charge is 0.0209 e. The summed E-state index contributed by atoms with van der Waals surface area (Å²) >= 11 is 0. The number of rotatable bonds is 2. The van der Waals surface area contributed by atoms with Crippen molar-refractivity contribution in [2.75, 3.05) is 33.2 Å². The molecule has 1 atom stereocenters. The molecule has 0 aromatic rings. The van der Waals surface area contributed by atoms with Crippen molar-refractivity contribution >= 4 is 0 Å². The molecule has 0 aliphatic carbocycles. The Morgan fingerprint density at radius 3 is 2.00 bits per heavy atom. The summed E-state index contributed by atoms with van der Waals surface area (Å²) in [5, 5.41) is 3.85. The van der Waals surface area contributed by atoms with Crippen molar-refractivity contribution in [3.8, 4) is 0 Å². The molecular weight excluding hydrogens is 210 g/mol. The van der Waals surface area contributed by atoms with Crippen molar-refractivity contribution in [3.63, 3.8) is 0 Å². The fraction of sp³-hybridized carbons (Fsp3) is 1.00. The molecule has 2 heterocycles. The second-order valence-corrected chi connectivity index (χ2v) is 6.85. The zero-order valence-corrected chi connectivity index (χ0v) is 12.0. The third kappa shape index (κ3) is 3.67. The van der Waals surface area contributed by atoms with Gasteiger partial charge < -0.3 is 10.2 Å². The van der Waals surface area contributed by atoms with Gasteiger partial charge in [-0.2, -0.15) is 0 Å². The summed E-state index contributed by atoms with van der Waals surface area (Å²) in [7, 11) is 2.23. The SMILES string of the molecule is CN1CCC(NC2CCN(C(C)(C)C)CC2)C1. The highest BCUT2D eigenvalue weighted by Crippen LogP contribution is 2.21. The number of piperidine rings is 1. The summed E-state index contributed by atoms with van der Waals surface area (Å²) < 4.78 is 0. The predicted octanol–water partition coefficient (Wildman–Crippen LogP) is 1.54. The van der Waals surface area contributed by atoms with E-state index in [1.165, 1.54) is 45.4 Å². The molecule has 3 nitrogen and oxygen atoms in total. The van der Waals surface area contributed by atoms with Crippen LogP contribution in [0.1, 0.15) is 40.0 Å². The summed E-state index contributed by atoms with van der Waals surface area (Å²) in [6.45, 7) is 12.0. The number of nitrogens with zero attached hydrogens (tertiary/aromatic N) is 2. The van der Waals surface area contributed by atoms with Crippen LogP contribution in [0.4, 0.5) is 0 Å². The highest BCUT2D eigenvalue weighted by atomic mass is 15.2. The van der Waals surface area contributed by atoms with Gasteiger partial charge in [0.25, 0.3) is 0 Å². The van der Waals surface area contributed by atoms with Crippen molar-refractivity contribution in [1.29, 1.82) is 0 Å². The van der Waals surface area contributed by atoms with Crippen molar-refractivity contribution in [2.24, 2.45) is 0 Å². The molecule has 17 heavy (non-hydrogen) atoms. The number of nitrogens with one attached hydrogen (secondary N) is 1. The molecule has 2 aliphatic rings. The third-order valence-electron chi connectivity index (χ3n) is 4.31. The van der Waals surface area contributed by atoms with E-state index in [0.717, 1.165) is 12.1 Å². The van der Waals surface area contributed by atoms with Gasteiger partial charge in [0.2, 0.25) is 0 Å². The molecule has 2 rings (SSSR count). The lowest BCUT2D eigenvalue weighted by Gasteiger charge is -2.41. The summed E-state index contributed by atoms with van der Waals surface area (Å²) in [6, 6.07) is 1.50. The fourth-order valence-electron chi connectivity index (χ4n) is 3.12. The van der Waals surface area contributed by atoms with E-state index in [-0.39, 0.29) is 0 Å². The molecule has 0 aromatic heterocycles. The highest BCUT2D eigenvalue weighted by Gasteiger charge is 2.29. The van der Waals surface area contributed by atoms with Crippen LogP contribution in [0.5, 0.6) is 0 Å². The van der Waals surface area contributed by atoms with Gasteiger partial charge in [0, 0.05) is 37.3 Å². The largest absolute Gasteiger partial charge is 0.310 e. The van der Waals surface area contributed by atoms with Gasteiger partial charge in [0.15, 0.2) is 0 Å². The maximum Gasteiger partial charge on any atom is 0.0209 e. The first-order valence-electron chi connectivity index (χ1n) is 7.15. The van der Waals surface area contributed by atoms with Crippen molar-refractivity contribution in [2.45, 2.75) is 57.7 Å². The van der Waals surface area contributed by atoms with Crippen LogP contribution in [0.2, 0.25) is 0 Å². The van der Waals surface area contributed by atoms with E-state index >= 15 is 0 Å². The molecule has 2 aliphatic heterocycles. The molecule has 0 bridgehead atoms. The molecule has 0 aromatic carbocycles. The first-order valence-corrected chi connectivity index (χ1v) is 7.15. The van der Waals surface area contributed by atoms with Crippen LogP contribution >= 0.6 is 0 Å². The second-order valence-electron chi connectivity index (χ2n) is 6.85. The van der Waals surface area contributed by atoms with Crippen molar-refractivity contribution in [3.05, 3.63) is 0 Å². The van der Waals surface area contributed by atoms with Gasteiger partial charge in [-0.1, -0.05) is 0 Å². The van der Waals surface area contributed by atoms with E-state index in [2.05, 4.69) is 42.9 Å². The van der Waals surface area contributed by atoms with E-state index in [0.29, 0.717) is 5.54 Å². The van der Waals surface area contributed by atoms with Gasteiger partial charge in [-0.05, 0) is 53.6 Å². The molecule has 1 N–H and O–H groups in total. The maximum absolute atomic E-state index is 3.85. The minimum Gasteiger partial charge on any atom is -0.310 e. The van der Waals surface area contributed by atoms with Crippen molar-refractivity contribution < 1.29 is 0 Å². The van der Waals surface area contributed by atoms with Crippen LogP contribution in [0, 0.1) is 0 Å². The van der Waals surface area contributed by atoms with Crippen LogP contribution in [0.15, 0.2) is 0 Å². The Balaban J connectivity index is 1.72. The van der Waals surface area contributed by atoms with Crippen LogP contribution in [-0.4, -0.2) is 60.6 Å². The number of likely N-dealkylation sites (N-methyl/N-ethyl adjacent to an activating group) is 1. The fourth-order valence-corrected chi connectivity index (χ4v) is 3.12. The quantitative estimate of drug-likeness (QED) is 0.788. The predicted molar refractivity (Wildman–Crippen MR) is 73.4 cm³/mol. The molecule has 2 saturated heterocycles. The lowest BCUT2D eigenvalue weighted by Crippen LogP contribution is -2.51. The number of likely N-dealkylation sites (tertiary alicyclic amines) is 2. The lowest BCUT2D eigenvalue weighted by molar-refractivity contribution is 0.0940. The first-order chi connectivity index (χ1) is 7.95. The maximum atomic E-state index is 3.85. The van der Waals surface area contributed by atoms with Crippen molar-refractivity contribution in [1.82, 2.24) is 15.1 Å². The van der Waals surface area contributed by atoms with Gasteiger partial charge in [-0.15, -0.1) is 0 Å². The molecule has 2 fully saturated rings. The third-order valence-corrected chi connectivity index (χ3v) is 4.31. The molecule has 0 saturated carbocycles. The summed E-state index contributed by atoms with van der Waals surface area (Å²) in [6.07, 6.45) is 3.96. The van der Waals surface area contributed by atoms with E-state index < -0.39 is 0 Å². The molecule has 0 spiro atoms. The van der Waals surface area contributed by atoms with Gasteiger partial charge in [0.05, 0.1) is 0 Å². The zero-order valence-electron chi connectivity index (χ0n) is 12.0. The Kier molecular flexibility index (Phi) is 4.11. The molecule has 0 amide bonds. The average Bonchev–Trinajstić information content (AvgIpc) is 2.63. The molecule has 3 heteroatoms. The zero-order chi connectivity index (χ0) is 12.5. The molecular formula is C14H29N3. The Hall–Kier alpha value is -0.120. The average molecular weight is 239 g/mol. The second kappa shape index (κ2) is 5.25. The Labute approximate surface area is 107 Å². The van der Waals surface area contributed by atoms with Gasteiger partial charge in [-0.25, -0.2) is 0 Å². The molecule has 0 radical (unpaired) electrons. The van der Waals surface area contributed by atoms with Gasteiger partial charge >= 0.3 is 0 Å². The standard InChI is InChI=1S/C14H29N3/c1-14(2,3)17-9-6-12(7-10-17)15-13-5-8-16(4)11-13/h12-13,15H,5-11H2,1-4H3. The summed E-state index contributed by atoms with van der Waals surface area (Å²) in [5.74, 6) is 0. The Morgan fingerprint density at radius 1 is 0.941 bits per heavy atom.